The third kappa shape index (κ3) is 12.0. The smallest absolute Gasteiger partial charge is 0.480 e. The summed E-state index contributed by atoms with van der Waals surface area (Å²) in [5, 5.41) is 9.87. The summed E-state index contributed by atoms with van der Waals surface area (Å²) in [7, 11) is 0. The Morgan fingerprint density at radius 1 is 0.865 bits per heavy atom. The SMILES string of the molecule is CC(C)CCC(=O)O[C@@H](C)CC(N)(Cc1ccc(OC(=O)OC(C)C)c(OC(=O)OC(C)C)c1)C(=O)O. The maximum absolute atomic E-state index is 12.1. The van der Waals surface area contributed by atoms with Gasteiger partial charge in [0.15, 0.2) is 11.5 Å². The molecule has 0 fully saturated rings. The number of carboxylic acid groups (broad SMARTS) is 1. The Kier molecular flexibility index (Phi) is 12.3. The zero-order valence-electron chi connectivity index (χ0n) is 22.6. The number of hydrogen-bond donors (Lipinski definition) is 2. The first kappa shape index (κ1) is 31.7. The van der Waals surface area contributed by atoms with E-state index < -0.39 is 48.1 Å². The molecule has 0 aliphatic heterocycles. The van der Waals surface area contributed by atoms with Crippen LogP contribution < -0.4 is 15.2 Å². The zero-order valence-corrected chi connectivity index (χ0v) is 22.6. The predicted octanol–water partition coefficient (Wildman–Crippen LogP) is 4.62. The Hall–Kier alpha value is -3.34. The summed E-state index contributed by atoms with van der Waals surface area (Å²) in [6.45, 7) is 12.1. The summed E-state index contributed by atoms with van der Waals surface area (Å²) in [6, 6.07) is 4.12. The summed E-state index contributed by atoms with van der Waals surface area (Å²) in [4.78, 5) is 48.3. The van der Waals surface area contributed by atoms with Crippen LogP contribution in [-0.4, -0.2) is 53.2 Å². The van der Waals surface area contributed by atoms with E-state index in [0.717, 1.165) is 0 Å². The van der Waals surface area contributed by atoms with Crippen molar-refractivity contribution in [3.8, 4) is 11.5 Å². The molecule has 11 heteroatoms. The monoisotopic (exact) mass is 525 g/mol. The molecule has 0 spiro atoms. The third-order valence-corrected chi connectivity index (χ3v) is 4.91. The lowest BCUT2D eigenvalue weighted by molar-refractivity contribution is -0.153. The molecule has 1 unspecified atom stereocenters. The molecule has 208 valence electrons. The molecule has 0 heterocycles. The van der Waals surface area contributed by atoms with Crippen molar-refractivity contribution in [2.75, 3.05) is 0 Å². The van der Waals surface area contributed by atoms with Crippen molar-refractivity contribution < 1.29 is 48.0 Å². The fourth-order valence-corrected chi connectivity index (χ4v) is 3.28. The van der Waals surface area contributed by atoms with Crippen LogP contribution in [0.3, 0.4) is 0 Å². The second-order valence-electron chi connectivity index (χ2n) is 9.89. The number of esters is 1. The molecule has 0 aromatic heterocycles. The summed E-state index contributed by atoms with van der Waals surface area (Å²) < 4.78 is 25.6. The Balaban J connectivity index is 3.13. The van der Waals surface area contributed by atoms with Crippen LogP contribution in [-0.2, 0) is 30.2 Å². The number of carbonyl (C=O) groups is 4. The lowest BCUT2D eigenvalue weighted by Gasteiger charge is -2.28. The number of rotatable bonds is 13. The van der Waals surface area contributed by atoms with Crippen molar-refractivity contribution in [1.29, 1.82) is 0 Å². The standard InChI is InChI=1S/C26H39NO10/c1-15(2)8-11-22(28)35-18(7)13-26(27,23(29)30)14-19-9-10-20(36-24(31)33-16(3)4)21(12-19)37-25(32)34-17(5)6/h9-10,12,15-18H,8,11,13-14,27H2,1-7H3,(H,29,30)/t18-,26?/m0/s1. The van der Waals surface area contributed by atoms with Crippen LogP contribution in [0.5, 0.6) is 11.5 Å². The second kappa shape index (κ2) is 14.4. The molecule has 3 N–H and O–H groups in total. The summed E-state index contributed by atoms with van der Waals surface area (Å²) in [5.41, 5.74) is 4.78. The molecule has 2 atom stereocenters. The molecule has 0 saturated carbocycles. The van der Waals surface area contributed by atoms with E-state index in [0.29, 0.717) is 17.9 Å². The van der Waals surface area contributed by atoms with Crippen molar-refractivity contribution >= 4 is 24.2 Å². The first-order valence-corrected chi connectivity index (χ1v) is 12.2. The molecule has 1 aromatic carbocycles. The van der Waals surface area contributed by atoms with Gasteiger partial charge in [-0.25, -0.2) is 9.59 Å². The van der Waals surface area contributed by atoms with Crippen LogP contribution in [0.2, 0.25) is 0 Å². The fourth-order valence-electron chi connectivity index (χ4n) is 3.28. The average Bonchev–Trinajstić information content (AvgIpc) is 2.72. The van der Waals surface area contributed by atoms with E-state index in [4.69, 9.17) is 29.4 Å². The van der Waals surface area contributed by atoms with Crippen LogP contribution in [0.25, 0.3) is 0 Å². The molecule has 11 nitrogen and oxygen atoms in total. The Morgan fingerprint density at radius 2 is 1.41 bits per heavy atom. The van der Waals surface area contributed by atoms with Crippen molar-refractivity contribution in [2.24, 2.45) is 11.7 Å². The second-order valence-corrected chi connectivity index (χ2v) is 9.89. The van der Waals surface area contributed by atoms with Gasteiger partial charge in [0.1, 0.15) is 11.6 Å². The van der Waals surface area contributed by atoms with Gasteiger partial charge in [0.25, 0.3) is 0 Å². The topological polar surface area (TPSA) is 161 Å². The number of benzene rings is 1. The largest absolute Gasteiger partial charge is 0.514 e. The lowest BCUT2D eigenvalue weighted by Crippen LogP contribution is -2.52. The number of aliphatic carboxylic acids is 1. The van der Waals surface area contributed by atoms with Crippen molar-refractivity contribution in [3.05, 3.63) is 23.8 Å². The minimum absolute atomic E-state index is 0.138. The molecule has 0 saturated heterocycles. The van der Waals surface area contributed by atoms with E-state index in [1.165, 1.54) is 18.2 Å². The van der Waals surface area contributed by atoms with Crippen LogP contribution in [0.1, 0.15) is 73.3 Å². The van der Waals surface area contributed by atoms with Gasteiger partial charge in [-0.3, -0.25) is 9.59 Å². The Morgan fingerprint density at radius 3 is 1.89 bits per heavy atom. The number of hydrogen-bond acceptors (Lipinski definition) is 10. The number of ether oxygens (including phenoxy) is 5. The molecule has 1 aromatic rings. The first-order chi connectivity index (χ1) is 17.1. The van der Waals surface area contributed by atoms with Gasteiger partial charge < -0.3 is 34.5 Å². The minimum atomic E-state index is -1.81. The molecule has 37 heavy (non-hydrogen) atoms. The molecular formula is C26H39NO10. The van der Waals surface area contributed by atoms with E-state index in [9.17, 15) is 24.3 Å². The Labute approximate surface area is 217 Å². The van der Waals surface area contributed by atoms with Crippen molar-refractivity contribution in [1.82, 2.24) is 0 Å². The highest BCUT2D eigenvalue weighted by Crippen LogP contribution is 2.31. The van der Waals surface area contributed by atoms with E-state index >= 15 is 0 Å². The van der Waals surface area contributed by atoms with Crippen molar-refractivity contribution in [3.63, 3.8) is 0 Å². The van der Waals surface area contributed by atoms with Crippen LogP contribution in [0.15, 0.2) is 18.2 Å². The number of nitrogens with two attached hydrogens (primary N) is 1. The molecular weight excluding hydrogens is 486 g/mol. The van der Waals surface area contributed by atoms with Gasteiger partial charge in [-0.05, 0) is 64.7 Å². The third-order valence-electron chi connectivity index (χ3n) is 4.91. The van der Waals surface area contributed by atoms with Gasteiger partial charge in [-0.2, -0.15) is 0 Å². The molecule has 0 bridgehead atoms. The van der Waals surface area contributed by atoms with Gasteiger partial charge in [0, 0.05) is 19.3 Å². The van der Waals surface area contributed by atoms with Crippen LogP contribution >= 0.6 is 0 Å². The van der Waals surface area contributed by atoms with Gasteiger partial charge in [0.2, 0.25) is 0 Å². The molecule has 0 aliphatic carbocycles. The van der Waals surface area contributed by atoms with Crippen molar-refractivity contribution in [2.45, 2.75) is 98.0 Å². The van der Waals surface area contributed by atoms with E-state index in [1.54, 1.807) is 34.6 Å². The summed E-state index contributed by atoms with van der Waals surface area (Å²) >= 11 is 0. The average molecular weight is 526 g/mol. The van der Waals surface area contributed by atoms with Crippen LogP contribution in [0, 0.1) is 5.92 Å². The van der Waals surface area contributed by atoms with Gasteiger partial charge >= 0.3 is 24.2 Å². The highest BCUT2D eigenvalue weighted by Gasteiger charge is 2.37. The molecule has 1 rings (SSSR count). The van der Waals surface area contributed by atoms with E-state index in [-0.39, 0.29) is 30.8 Å². The van der Waals surface area contributed by atoms with Gasteiger partial charge in [-0.15, -0.1) is 0 Å². The maximum Gasteiger partial charge on any atom is 0.514 e. The van der Waals surface area contributed by atoms with Gasteiger partial charge in [-0.1, -0.05) is 19.9 Å². The van der Waals surface area contributed by atoms with E-state index in [1.807, 2.05) is 13.8 Å². The fraction of sp³-hybridized carbons (Fsp3) is 0.615. The van der Waals surface area contributed by atoms with E-state index in [2.05, 4.69) is 0 Å². The molecule has 0 radical (unpaired) electrons. The molecule has 0 aliphatic rings. The van der Waals surface area contributed by atoms with Crippen LogP contribution in [0.4, 0.5) is 9.59 Å². The lowest BCUT2D eigenvalue weighted by atomic mass is 9.86. The maximum atomic E-state index is 12.1. The predicted molar refractivity (Wildman–Crippen MR) is 133 cm³/mol. The summed E-state index contributed by atoms with van der Waals surface area (Å²) in [5.74, 6) is -1.74. The summed E-state index contributed by atoms with van der Waals surface area (Å²) in [6.07, 6.45) is -3.24. The Bertz CT molecular complexity index is 943. The van der Waals surface area contributed by atoms with Gasteiger partial charge in [0.05, 0.1) is 12.2 Å². The normalized spacial score (nSPS) is 13.6. The quantitative estimate of drug-likeness (QED) is 0.210. The first-order valence-electron chi connectivity index (χ1n) is 12.2. The highest BCUT2D eigenvalue weighted by molar-refractivity contribution is 5.79. The molecule has 0 amide bonds. The number of carbonyl (C=O) groups excluding carboxylic acids is 3. The minimum Gasteiger partial charge on any atom is -0.480 e. The number of carboxylic acids is 1. The highest BCUT2D eigenvalue weighted by atomic mass is 16.7. The zero-order chi connectivity index (χ0) is 28.3.